The molecule has 2 aromatic rings. The highest BCUT2D eigenvalue weighted by Gasteiger charge is 2.37. The van der Waals surface area contributed by atoms with Gasteiger partial charge in [-0.25, -0.2) is 4.39 Å². The highest BCUT2D eigenvalue weighted by molar-refractivity contribution is 9.10. The van der Waals surface area contributed by atoms with E-state index in [9.17, 15) is 9.50 Å². The number of hydrogen-bond acceptors (Lipinski definition) is 2. The molecule has 0 saturated carbocycles. The first-order valence-corrected chi connectivity index (χ1v) is 7.65. The SMILES string of the molecule is COc1ccc2c(c1)C(O)(Cc1cc(F)ccc1Br)CC2. The van der Waals surface area contributed by atoms with Crippen LogP contribution in [0.5, 0.6) is 5.75 Å². The van der Waals surface area contributed by atoms with E-state index >= 15 is 0 Å². The molecule has 0 fully saturated rings. The highest BCUT2D eigenvalue weighted by atomic mass is 79.9. The first-order valence-electron chi connectivity index (χ1n) is 6.85. The van der Waals surface area contributed by atoms with E-state index in [-0.39, 0.29) is 5.82 Å². The van der Waals surface area contributed by atoms with Crippen LogP contribution in [0.1, 0.15) is 23.1 Å². The summed E-state index contributed by atoms with van der Waals surface area (Å²) in [5, 5.41) is 11.0. The molecule has 0 aliphatic heterocycles. The standard InChI is InChI=1S/C17H16BrFO2/c1-21-14-4-2-11-6-7-17(20,15(11)9-14)10-12-8-13(19)3-5-16(12)18/h2-5,8-9,20H,6-7,10H2,1H3. The Labute approximate surface area is 131 Å². The van der Waals surface area contributed by atoms with Gasteiger partial charge >= 0.3 is 0 Å². The minimum Gasteiger partial charge on any atom is -0.497 e. The third-order valence-corrected chi connectivity index (χ3v) is 4.89. The molecule has 0 heterocycles. The Morgan fingerprint density at radius 1 is 1.29 bits per heavy atom. The van der Waals surface area contributed by atoms with Crippen molar-refractivity contribution in [3.8, 4) is 5.75 Å². The van der Waals surface area contributed by atoms with Crippen molar-refractivity contribution in [3.63, 3.8) is 0 Å². The highest BCUT2D eigenvalue weighted by Crippen LogP contribution is 2.42. The van der Waals surface area contributed by atoms with E-state index in [1.54, 1.807) is 13.2 Å². The van der Waals surface area contributed by atoms with Gasteiger partial charge in [0.15, 0.2) is 0 Å². The molecule has 0 amide bonds. The van der Waals surface area contributed by atoms with Crippen molar-refractivity contribution in [2.24, 2.45) is 0 Å². The monoisotopic (exact) mass is 350 g/mol. The van der Waals surface area contributed by atoms with E-state index in [4.69, 9.17) is 4.74 Å². The summed E-state index contributed by atoms with van der Waals surface area (Å²) in [7, 11) is 1.61. The van der Waals surface area contributed by atoms with E-state index in [1.807, 2.05) is 18.2 Å². The topological polar surface area (TPSA) is 29.5 Å². The molecule has 1 aliphatic rings. The maximum absolute atomic E-state index is 13.4. The average Bonchev–Trinajstić information content (AvgIpc) is 2.80. The summed E-state index contributed by atoms with van der Waals surface area (Å²) in [4.78, 5) is 0. The van der Waals surface area contributed by atoms with Gasteiger partial charge in [-0.3, -0.25) is 0 Å². The van der Waals surface area contributed by atoms with Crippen LogP contribution in [0.15, 0.2) is 40.9 Å². The molecule has 21 heavy (non-hydrogen) atoms. The van der Waals surface area contributed by atoms with Crippen LogP contribution in [0.4, 0.5) is 4.39 Å². The van der Waals surface area contributed by atoms with Crippen LogP contribution in [-0.2, 0) is 18.4 Å². The second-order valence-electron chi connectivity index (χ2n) is 5.47. The van der Waals surface area contributed by atoms with Gasteiger partial charge in [-0.15, -0.1) is 0 Å². The summed E-state index contributed by atoms with van der Waals surface area (Å²) in [6.07, 6.45) is 1.84. The molecule has 0 saturated heterocycles. The first-order chi connectivity index (χ1) is 10.0. The zero-order valence-corrected chi connectivity index (χ0v) is 13.3. The van der Waals surface area contributed by atoms with Crippen molar-refractivity contribution >= 4 is 15.9 Å². The van der Waals surface area contributed by atoms with E-state index in [0.717, 1.165) is 33.3 Å². The third-order valence-electron chi connectivity index (χ3n) is 4.12. The largest absolute Gasteiger partial charge is 0.497 e. The Kier molecular flexibility index (Phi) is 3.76. The van der Waals surface area contributed by atoms with Gasteiger partial charge in [-0.2, -0.15) is 0 Å². The van der Waals surface area contributed by atoms with E-state index < -0.39 is 5.60 Å². The Hall–Kier alpha value is -1.39. The van der Waals surface area contributed by atoms with Gasteiger partial charge in [0.25, 0.3) is 0 Å². The zero-order valence-electron chi connectivity index (χ0n) is 11.7. The van der Waals surface area contributed by atoms with Crippen molar-refractivity contribution in [1.29, 1.82) is 0 Å². The number of aliphatic hydroxyl groups is 1. The van der Waals surface area contributed by atoms with Crippen molar-refractivity contribution in [3.05, 3.63) is 63.4 Å². The number of aryl methyl sites for hydroxylation is 1. The number of methoxy groups -OCH3 is 1. The summed E-state index contributed by atoms with van der Waals surface area (Å²) in [5.41, 5.74) is 1.82. The minimum atomic E-state index is -0.972. The molecule has 0 bridgehead atoms. The maximum atomic E-state index is 13.4. The fourth-order valence-corrected chi connectivity index (χ4v) is 3.37. The lowest BCUT2D eigenvalue weighted by Gasteiger charge is -2.25. The lowest BCUT2D eigenvalue weighted by atomic mass is 9.88. The smallest absolute Gasteiger partial charge is 0.123 e. The molecule has 1 aliphatic carbocycles. The quantitative estimate of drug-likeness (QED) is 0.907. The number of fused-ring (bicyclic) bond motifs is 1. The van der Waals surface area contributed by atoms with Crippen molar-refractivity contribution < 1.29 is 14.2 Å². The van der Waals surface area contributed by atoms with Crippen LogP contribution in [0.3, 0.4) is 0 Å². The van der Waals surface area contributed by atoms with Crippen LogP contribution in [0.25, 0.3) is 0 Å². The number of rotatable bonds is 3. The van der Waals surface area contributed by atoms with Crippen LogP contribution in [-0.4, -0.2) is 12.2 Å². The van der Waals surface area contributed by atoms with Gasteiger partial charge in [-0.1, -0.05) is 22.0 Å². The van der Waals surface area contributed by atoms with Crippen LogP contribution in [0.2, 0.25) is 0 Å². The number of benzene rings is 2. The minimum absolute atomic E-state index is 0.291. The maximum Gasteiger partial charge on any atom is 0.123 e. The molecular weight excluding hydrogens is 335 g/mol. The van der Waals surface area contributed by atoms with E-state index in [2.05, 4.69) is 15.9 Å². The summed E-state index contributed by atoms with van der Waals surface area (Å²) in [6, 6.07) is 10.3. The van der Waals surface area contributed by atoms with Crippen molar-refractivity contribution in [2.45, 2.75) is 24.9 Å². The van der Waals surface area contributed by atoms with Gasteiger partial charge in [0.2, 0.25) is 0 Å². The summed E-state index contributed by atoms with van der Waals surface area (Å²) >= 11 is 3.43. The van der Waals surface area contributed by atoms with Crippen LogP contribution in [0, 0.1) is 5.82 Å². The summed E-state index contributed by atoms with van der Waals surface area (Å²) in [5.74, 6) is 0.438. The van der Waals surface area contributed by atoms with Gasteiger partial charge in [0.05, 0.1) is 12.7 Å². The predicted octanol–water partition coefficient (Wildman–Crippen LogP) is 3.97. The average molecular weight is 351 g/mol. The third kappa shape index (κ3) is 2.70. The Bertz CT molecular complexity index is 686. The number of ether oxygens (including phenoxy) is 1. The Morgan fingerprint density at radius 2 is 2.10 bits per heavy atom. The molecule has 3 rings (SSSR count). The Balaban J connectivity index is 1.98. The Morgan fingerprint density at radius 3 is 2.86 bits per heavy atom. The number of hydrogen-bond donors (Lipinski definition) is 1. The van der Waals surface area contributed by atoms with Crippen LogP contribution >= 0.6 is 15.9 Å². The molecule has 0 radical (unpaired) electrons. The van der Waals surface area contributed by atoms with Crippen molar-refractivity contribution in [2.75, 3.05) is 7.11 Å². The van der Waals surface area contributed by atoms with Crippen molar-refractivity contribution in [1.82, 2.24) is 0 Å². The van der Waals surface area contributed by atoms with Crippen LogP contribution < -0.4 is 4.74 Å². The van der Waals surface area contributed by atoms with Gasteiger partial charge < -0.3 is 9.84 Å². The second kappa shape index (κ2) is 5.43. The van der Waals surface area contributed by atoms with E-state index in [1.165, 1.54) is 12.1 Å². The summed E-state index contributed by atoms with van der Waals surface area (Å²) in [6.45, 7) is 0. The first kappa shape index (κ1) is 14.5. The summed E-state index contributed by atoms with van der Waals surface area (Å²) < 4.78 is 19.5. The predicted molar refractivity (Wildman–Crippen MR) is 83.0 cm³/mol. The molecule has 2 aromatic carbocycles. The second-order valence-corrected chi connectivity index (χ2v) is 6.32. The molecule has 0 aromatic heterocycles. The fraction of sp³-hybridized carbons (Fsp3) is 0.294. The zero-order chi connectivity index (χ0) is 15.0. The molecule has 1 unspecified atom stereocenters. The lowest BCUT2D eigenvalue weighted by molar-refractivity contribution is 0.0386. The normalized spacial score (nSPS) is 20.4. The molecule has 0 spiro atoms. The van der Waals surface area contributed by atoms with Gasteiger partial charge in [-0.05, 0) is 59.9 Å². The lowest BCUT2D eigenvalue weighted by Crippen LogP contribution is -2.25. The fourth-order valence-electron chi connectivity index (χ4n) is 2.99. The molecule has 4 heteroatoms. The molecule has 110 valence electrons. The molecule has 1 atom stereocenters. The molecular formula is C17H16BrFO2. The van der Waals surface area contributed by atoms with Gasteiger partial charge in [0.1, 0.15) is 11.6 Å². The van der Waals surface area contributed by atoms with E-state index in [0.29, 0.717) is 12.8 Å². The number of halogens is 2. The molecule has 1 N–H and O–H groups in total. The van der Waals surface area contributed by atoms with Gasteiger partial charge in [0, 0.05) is 10.9 Å². The molecule has 2 nitrogen and oxygen atoms in total.